The van der Waals surface area contributed by atoms with Crippen LogP contribution in [0.15, 0.2) is 0 Å². The lowest BCUT2D eigenvalue weighted by molar-refractivity contribution is 0.254. The number of likely N-dealkylation sites (tertiary alicyclic amines) is 1. The molecule has 3 heteroatoms. The van der Waals surface area contributed by atoms with Gasteiger partial charge in [0.2, 0.25) is 0 Å². The number of nitrogens with zero attached hydrogens (tertiary/aromatic N) is 1. The van der Waals surface area contributed by atoms with Gasteiger partial charge in [-0.25, -0.2) is 0 Å². The normalized spacial score (nSPS) is 23.6. The Hall–Kier alpha value is -0.230. The molecule has 2 nitrogen and oxygen atoms in total. The predicted octanol–water partition coefficient (Wildman–Crippen LogP) is 3.01. The molecular weight excluding hydrogens is 256 g/mol. The van der Waals surface area contributed by atoms with Crippen LogP contribution in [-0.4, -0.2) is 42.5 Å². The number of nitrogens with one attached hydrogen (secondary N) is 1. The van der Waals surface area contributed by atoms with Crippen LogP contribution in [0.25, 0.3) is 0 Å². The van der Waals surface area contributed by atoms with Crippen LogP contribution in [0.3, 0.4) is 0 Å². The van der Waals surface area contributed by atoms with Crippen LogP contribution in [0, 0.1) is 11.8 Å². The molecule has 1 N–H and O–H groups in total. The Balaban J connectivity index is 1.87. The number of halogens is 1. The molecule has 1 aliphatic carbocycles. The molecule has 0 aromatic carbocycles. The molecule has 0 aromatic heterocycles. The molecule has 19 heavy (non-hydrogen) atoms. The van der Waals surface area contributed by atoms with Gasteiger partial charge < -0.3 is 0 Å². The zero-order chi connectivity index (χ0) is 13.4. The van der Waals surface area contributed by atoms with Crippen LogP contribution < -0.4 is 5.32 Å². The second-order valence-corrected chi connectivity index (χ2v) is 6.28. The summed E-state index contributed by atoms with van der Waals surface area (Å²) in [6, 6.07) is 0. The molecule has 1 aliphatic heterocycles. The first-order chi connectivity index (χ1) is 9.35. The van der Waals surface area contributed by atoms with Crippen molar-refractivity contribution < 1.29 is 0 Å². The summed E-state index contributed by atoms with van der Waals surface area (Å²) in [5, 5.41) is 3.60. The van der Waals surface area contributed by atoms with Crippen LogP contribution in [0.2, 0.25) is 0 Å². The number of alkyl halides is 1. The molecule has 108 valence electrons. The Bertz CT molecular complexity index is 306. The topological polar surface area (TPSA) is 15.3 Å². The third kappa shape index (κ3) is 4.99. The van der Waals surface area contributed by atoms with Gasteiger partial charge in [-0.1, -0.05) is 37.5 Å². The second-order valence-electron chi connectivity index (χ2n) is 5.90. The Kier molecular flexibility index (Phi) is 6.50. The van der Waals surface area contributed by atoms with E-state index in [1.165, 1.54) is 64.5 Å². The molecule has 2 fully saturated rings. The van der Waals surface area contributed by atoms with Gasteiger partial charge in [-0.05, 0) is 38.8 Å². The highest BCUT2D eigenvalue weighted by molar-refractivity contribution is 6.18. The van der Waals surface area contributed by atoms with Crippen molar-refractivity contribution in [3.8, 4) is 11.8 Å². The van der Waals surface area contributed by atoms with Crippen molar-refractivity contribution in [2.75, 3.05) is 32.1 Å². The minimum atomic E-state index is 0.0585. The maximum atomic E-state index is 5.82. The molecule has 2 aliphatic rings. The first kappa shape index (κ1) is 15.2. The third-order valence-corrected chi connectivity index (χ3v) is 4.53. The molecule has 1 saturated heterocycles. The molecule has 0 spiro atoms. The van der Waals surface area contributed by atoms with Gasteiger partial charge in [-0.2, -0.15) is 0 Å². The van der Waals surface area contributed by atoms with E-state index in [1.807, 2.05) is 0 Å². The van der Waals surface area contributed by atoms with Crippen molar-refractivity contribution in [1.82, 2.24) is 10.2 Å². The van der Waals surface area contributed by atoms with Crippen molar-refractivity contribution in [1.29, 1.82) is 0 Å². The highest BCUT2D eigenvalue weighted by Crippen LogP contribution is 2.27. The minimum absolute atomic E-state index is 0.0585. The molecule has 2 rings (SSSR count). The van der Waals surface area contributed by atoms with E-state index in [4.69, 9.17) is 11.6 Å². The van der Waals surface area contributed by atoms with Gasteiger partial charge in [-0.3, -0.25) is 10.2 Å². The van der Waals surface area contributed by atoms with Gasteiger partial charge in [0.25, 0.3) is 0 Å². The second kappa shape index (κ2) is 8.15. The summed E-state index contributed by atoms with van der Waals surface area (Å²) in [5.41, 5.74) is 0.0585. The van der Waals surface area contributed by atoms with Crippen molar-refractivity contribution in [2.45, 2.75) is 56.9 Å². The van der Waals surface area contributed by atoms with Gasteiger partial charge in [-0.15, -0.1) is 11.6 Å². The van der Waals surface area contributed by atoms with Gasteiger partial charge in [0.15, 0.2) is 0 Å². The van der Waals surface area contributed by atoms with E-state index in [-0.39, 0.29) is 5.54 Å². The average molecular weight is 283 g/mol. The smallest absolute Gasteiger partial charge is 0.0801 e. The summed E-state index contributed by atoms with van der Waals surface area (Å²) >= 11 is 5.82. The first-order valence-corrected chi connectivity index (χ1v) is 8.41. The summed E-state index contributed by atoms with van der Waals surface area (Å²) in [7, 11) is 0. The van der Waals surface area contributed by atoms with Crippen molar-refractivity contribution in [3.63, 3.8) is 0 Å². The van der Waals surface area contributed by atoms with Crippen LogP contribution in [-0.2, 0) is 0 Å². The monoisotopic (exact) mass is 282 g/mol. The van der Waals surface area contributed by atoms with E-state index < -0.39 is 0 Å². The van der Waals surface area contributed by atoms with Gasteiger partial charge in [0.1, 0.15) is 0 Å². The molecule has 1 heterocycles. The quantitative estimate of drug-likeness (QED) is 0.630. The fourth-order valence-corrected chi connectivity index (χ4v) is 3.32. The number of rotatable bonds is 4. The van der Waals surface area contributed by atoms with Crippen molar-refractivity contribution in [3.05, 3.63) is 0 Å². The van der Waals surface area contributed by atoms with Gasteiger partial charge >= 0.3 is 0 Å². The van der Waals surface area contributed by atoms with Gasteiger partial charge in [0, 0.05) is 12.4 Å². The largest absolute Gasteiger partial charge is 0.300 e. The molecular formula is C16H27ClN2. The molecule has 0 aromatic rings. The number of hydrogen-bond donors (Lipinski definition) is 1. The Morgan fingerprint density at radius 1 is 1.00 bits per heavy atom. The lowest BCUT2D eigenvalue weighted by Gasteiger charge is -2.33. The lowest BCUT2D eigenvalue weighted by atomic mass is 9.82. The number of hydrogen-bond acceptors (Lipinski definition) is 2. The first-order valence-electron chi connectivity index (χ1n) is 7.88. The maximum Gasteiger partial charge on any atom is 0.0801 e. The average Bonchev–Trinajstić information content (AvgIpc) is 2.47. The predicted molar refractivity (Wildman–Crippen MR) is 82.6 cm³/mol. The SMILES string of the molecule is ClCCNC1(C#CCN2CCCCC2)CCCCC1. The standard InChI is InChI=1S/C16H27ClN2/c17-11-12-18-16(8-3-1-4-9-16)10-7-15-19-13-5-2-6-14-19/h18H,1-6,8-9,11-15H2. The lowest BCUT2D eigenvalue weighted by Crippen LogP contribution is -2.46. The Labute approximate surface area is 123 Å². The van der Waals surface area contributed by atoms with E-state index in [9.17, 15) is 0 Å². The van der Waals surface area contributed by atoms with E-state index in [0.29, 0.717) is 5.88 Å². The van der Waals surface area contributed by atoms with E-state index in [1.54, 1.807) is 0 Å². The van der Waals surface area contributed by atoms with E-state index in [0.717, 1.165) is 13.1 Å². The van der Waals surface area contributed by atoms with Crippen molar-refractivity contribution in [2.24, 2.45) is 0 Å². The van der Waals surface area contributed by atoms with Crippen molar-refractivity contribution >= 4 is 11.6 Å². The summed E-state index contributed by atoms with van der Waals surface area (Å²) in [6.07, 6.45) is 10.4. The fraction of sp³-hybridized carbons (Fsp3) is 0.875. The van der Waals surface area contributed by atoms with Crippen LogP contribution in [0.5, 0.6) is 0 Å². The number of piperidine rings is 1. The van der Waals surface area contributed by atoms with Gasteiger partial charge in [0.05, 0.1) is 12.1 Å². The van der Waals surface area contributed by atoms with Crippen LogP contribution in [0.4, 0.5) is 0 Å². The molecule has 1 saturated carbocycles. The summed E-state index contributed by atoms with van der Waals surface area (Å²) in [4.78, 5) is 2.49. The summed E-state index contributed by atoms with van der Waals surface area (Å²) in [5.74, 6) is 7.68. The van der Waals surface area contributed by atoms with E-state index in [2.05, 4.69) is 22.1 Å². The Morgan fingerprint density at radius 3 is 2.37 bits per heavy atom. The summed E-state index contributed by atoms with van der Waals surface area (Å²) in [6.45, 7) is 4.29. The zero-order valence-electron chi connectivity index (χ0n) is 12.0. The summed E-state index contributed by atoms with van der Waals surface area (Å²) < 4.78 is 0. The fourth-order valence-electron chi connectivity index (χ4n) is 3.23. The molecule has 0 bridgehead atoms. The molecule has 0 radical (unpaired) electrons. The van der Waals surface area contributed by atoms with Crippen LogP contribution in [0.1, 0.15) is 51.4 Å². The maximum absolute atomic E-state index is 5.82. The van der Waals surface area contributed by atoms with Crippen LogP contribution >= 0.6 is 11.6 Å². The Morgan fingerprint density at radius 2 is 1.68 bits per heavy atom. The molecule has 0 atom stereocenters. The highest BCUT2D eigenvalue weighted by Gasteiger charge is 2.29. The molecule has 0 unspecified atom stereocenters. The zero-order valence-corrected chi connectivity index (χ0v) is 12.8. The third-order valence-electron chi connectivity index (χ3n) is 4.34. The van der Waals surface area contributed by atoms with E-state index >= 15 is 0 Å². The molecule has 0 amide bonds. The highest BCUT2D eigenvalue weighted by atomic mass is 35.5. The minimum Gasteiger partial charge on any atom is -0.300 e.